The van der Waals surface area contributed by atoms with Gasteiger partial charge in [-0.3, -0.25) is 0 Å². The minimum atomic E-state index is 0.339. The summed E-state index contributed by atoms with van der Waals surface area (Å²) >= 11 is 5.84. The van der Waals surface area contributed by atoms with E-state index >= 15 is 0 Å². The SMILES string of the molecule is S=C(NC12CC3CC(CC(C3)C1)C2)N1CCC(c2cnc[nH]2)CC1. The average molecular weight is 345 g/mol. The van der Waals surface area contributed by atoms with Crippen LogP contribution < -0.4 is 5.32 Å². The van der Waals surface area contributed by atoms with Crippen molar-refractivity contribution >= 4 is 17.3 Å². The Bertz CT molecular complexity index is 568. The Kier molecular flexibility index (Phi) is 3.62. The Morgan fingerprint density at radius 2 is 1.75 bits per heavy atom. The number of rotatable bonds is 2. The smallest absolute Gasteiger partial charge is 0.169 e. The molecular weight excluding hydrogens is 316 g/mol. The van der Waals surface area contributed by atoms with Crippen molar-refractivity contribution in [2.24, 2.45) is 17.8 Å². The van der Waals surface area contributed by atoms with E-state index in [0.29, 0.717) is 11.5 Å². The summed E-state index contributed by atoms with van der Waals surface area (Å²) in [4.78, 5) is 9.86. The van der Waals surface area contributed by atoms with Crippen molar-refractivity contribution in [2.75, 3.05) is 13.1 Å². The van der Waals surface area contributed by atoms with Crippen LogP contribution in [0.4, 0.5) is 0 Å². The number of piperidine rings is 1. The van der Waals surface area contributed by atoms with Gasteiger partial charge < -0.3 is 15.2 Å². The summed E-state index contributed by atoms with van der Waals surface area (Å²) in [5, 5.41) is 4.91. The summed E-state index contributed by atoms with van der Waals surface area (Å²) in [7, 11) is 0. The summed E-state index contributed by atoms with van der Waals surface area (Å²) in [6.07, 6.45) is 14.7. The van der Waals surface area contributed by atoms with E-state index in [1.807, 2.05) is 6.20 Å². The van der Waals surface area contributed by atoms with Gasteiger partial charge in [-0.05, 0) is 81.3 Å². The topological polar surface area (TPSA) is 44.0 Å². The van der Waals surface area contributed by atoms with Gasteiger partial charge in [0.1, 0.15) is 0 Å². The molecule has 4 nitrogen and oxygen atoms in total. The molecule has 0 radical (unpaired) electrons. The second kappa shape index (κ2) is 5.72. The van der Waals surface area contributed by atoms with Crippen molar-refractivity contribution in [3.63, 3.8) is 0 Å². The highest BCUT2D eigenvalue weighted by molar-refractivity contribution is 7.80. The number of nitrogens with one attached hydrogen (secondary N) is 2. The highest BCUT2D eigenvalue weighted by Crippen LogP contribution is 2.55. The van der Waals surface area contributed by atoms with Crippen LogP contribution >= 0.6 is 12.2 Å². The van der Waals surface area contributed by atoms with Crippen LogP contribution in [-0.2, 0) is 0 Å². The third-order valence-electron chi connectivity index (χ3n) is 7.15. The molecule has 130 valence electrons. The van der Waals surface area contributed by atoms with E-state index < -0.39 is 0 Å². The zero-order valence-corrected chi connectivity index (χ0v) is 15.2. The monoisotopic (exact) mass is 344 g/mol. The summed E-state index contributed by atoms with van der Waals surface area (Å²) in [6, 6.07) is 0. The number of aromatic amines is 1. The fraction of sp³-hybridized carbons (Fsp3) is 0.789. The van der Waals surface area contributed by atoms with Crippen LogP contribution in [0.2, 0.25) is 0 Å². The fourth-order valence-electron chi connectivity index (χ4n) is 6.45. The van der Waals surface area contributed by atoms with Crippen molar-refractivity contribution in [2.45, 2.75) is 62.8 Å². The van der Waals surface area contributed by atoms with Gasteiger partial charge in [0, 0.05) is 36.4 Å². The quantitative estimate of drug-likeness (QED) is 0.807. The second-order valence-corrected chi connectivity index (χ2v) is 9.28. The zero-order valence-electron chi connectivity index (χ0n) is 14.3. The maximum atomic E-state index is 5.84. The number of nitrogens with zero attached hydrogens (tertiary/aromatic N) is 2. The number of hydrogen-bond acceptors (Lipinski definition) is 2. The van der Waals surface area contributed by atoms with Crippen LogP contribution in [0.1, 0.15) is 63.0 Å². The molecule has 1 aliphatic heterocycles. The molecule has 0 unspecified atom stereocenters. The lowest BCUT2D eigenvalue weighted by Crippen LogP contribution is -2.62. The Morgan fingerprint density at radius 3 is 2.29 bits per heavy atom. The van der Waals surface area contributed by atoms with E-state index in [0.717, 1.165) is 36.0 Å². The van der Waals surface area contributed by atoms with Gasteiger partial charge in [0.05, 0.1) is 6.33 Å². The Morgan fingerprint density at radius 1 is 1.12 bits per heavy atom. The predicted octanol–water partition coefficient (Wildman–Crippen LogP) is 3.43. The highest BCUT2D eigenvalue weighted by Gasteiger charge is 2.51. The summed E-state index contributed by atoms with van der Waals surface area (Å²) in [5.41, 5.74) is 1.63. The maximum absolute atomic E-state index is 5.84. The molecule has 2 N–H and O–H groups in total. The van der Waals surface area contributed by atoms with Gasteiger partial charge >= 0.3 is 0 Å². The first kappa shape index (κ1) is 15.2. The summed E-state index contributed by atoms with van der Waals surface area (Å²) in [6.45, 7) is 2.14. The molecule has 1 aromatic heterocycles. The Balaban J connectivity index is 1.21. The van der Waals surface area contributed by atoms with E-state index in [1.165, 1.54) is 57.1 Å². The third-order valence-corrected chi connectivity index (χ3v) is 7.51. The number of H-pyrrole nitrogens is 1. The zero-order chi connectivity index (χ0) is 16.1. The number of hydrogen-bond donors (Lipinski definition) is 2. The lowest BCUT2D eigenvalue weighted by molar-refractivity contribution is -0.0113. The van der Waals surface area contributed by atoms with Crippen LogP contribution in [0.5, 0.6) is 0 Å². The van der Waals surface area contributed by atoms with E-state index in [9.17, 15) is 0 Å². The van der Waals surface area contributed by atoms with Crippen molar-refractivity contribution in [3.8, 4) is 0 Å². The maximum Gasteiger partial charge on any atom is 0.169 e. The molecule has 0 aromatic carbocycles. The molecule has 0 amide bonds. The number of likely N-dealkylation sites (tertiary alicyclic amines) is 1. The molecule has 0 spiro atoms. The Hall–Kier alpha value is -1.10. The van der Waals surface area contributed by atoms with Gasteiger partial charge in [0.15, 0.2) is 5.11 Å². The Labute approximate surface area is 149 Å². The van der Waals surface area contributed by atoms with Crippen molar-refractivity contribution < 1.29 is 0 Å². The molecule has 1 aromatic rings. The van der Waals surface area contributed by atoms with Gasteiger partial charge in [-0.1, -0.05) is 0 Å². The fourth-order valence-corrected chi connectivity index (χ4v) is 6.85. The van der Waals surface area contributed by atoms with Crippen molar-refractivity contribution in [3.05, 3.63) is 18.2 Å². The van der Waals surface area contributed by atoms with Crippen LogP contribution in [0.15, 0.2) is 12.5 Å². The normalized spacial score (nSPS) is 38.5. The third kappa shape index (κ3) is 2.65. The van der Waals surface area contributed by atoms with Gasteiger partial charge in [-0.25, -0.2) is 4.98 Å². The molecule has 5 fully saturated rings. The van der Waals surface area contributed by atoms with Crippen molar-refractivity contribution in [1.29, 1.82) is 0 Å². The van der Waals surface area contributed by atoms with E-state index in [4.69, 9.17) is 12.2 Å². The van der Waals surface area contributed by atoms with Gasteiger partial charge in [0.2, 0.25) is 0 Å². The van der Waals surface area contributed by atoms with E-state index in [2.05, 4.69) is 20.2 Å². The van der Waals surface area contributed by atoms with Gasteiger partial charge in [-0.15, -0.1) is 0 Å². The molecule has 4 bridgehead atoms. The van der Waals surface area contributed by atoms with E-state index in [1.54, 1.807) is 6.33 Å². The molecular formula is C19H28N4S. The van der Waals surface area contributed by atoms with Crippen LogP contribution in [0.25, 0.3) is 0 Å². The predicted molar refractivity (Wildman–Crippen MR) is 98.8 cm³/mol. The van der Waals surface area contributed by atoms with Gasteiger partial charge in [-0.2, -0.15) is 0 Å². The second-order valence-electron chi connectivity index (χ2n) is 8.90. The standard InChI is InChI=1S/C19H28N4S/c24-18(23-3-1-16(2-4-23)17-11-20-12-21-17)22-19-8-13-5-14(9-19)7-15(6-13)10-19/h11-16H,1-10H2,(H,20,21)(H,22,24). The van der Waals surface area contributed by atoms with Crippen LogP contribution in [0, 0.1) is 17.8 Å². The largest absolute Gasteiger partial charge is 0.357 e. The molecule has 4 aliphatic carbocycles. The highest BCUT2D eigenvalue weighted by atomic mass is 32.1. The number of thiocarbonyl (C=S) groups is 1. The summed E-state index contributed by atoms with van der Waals surface area (Å²) in [5.74, 6) is 3.53. The molecule has 1 saturated heterocycles. The van der Waals surface area contributed by atoms with Crippen LogP contribution in [-0.4, -0.2) is 38.6 Å². The molecule has 5 heteroatoms. The first-order valence-electron chi connectivity index (χ1n) is 9.74. The number of imidazole rings is 1. The lowest BCUT2D eigenvalue weighted by Gasteiger charge is -2.57. The average Bonchev–Trinajstić information content (AvgIpc) is 3.07. The minimum absolute atomic E-state index is 0.339. The minimum Gasteiger partial charge on any atom is -0.357 e. The molecule has 2 heterocycles. The molecule has 4 saturated carbocycles. The molecule has 5 aliphatic rings. The van der Waals surface area contributed by atoms with Gasteiger partial charge in [0.25, 0.3) is 0 Å². The number of aromatic nitrogens is 2. The van der Waals surface area contributed by atoms with E-state index in [-0.39, 0.29) is 0 Å². The molecule has 24 heavy (non-hydrogen) atoms. The lowest BCUT2D eigenvalue weighted by atomic mass is 9.53. The molecule has 6 rings (SSSR count). The summed E-state index contributed by atoms with van der Waals surface area (Å²) < 4.78 is 0. The first-order chi connectivity index (χ1) is 11.7. The van der Waals surface area contributed by atoms with Crippen LogP contribution in [0.3, 0.4) is 0 Å². The van der Waals surface area contributed by atoms with Crippen molar-refractivity contribution in [1.82, 2.24) is 20.2 Å². The molecule has 0 atom stereocenters. The first-order valence-corrected chi connectivity index (χ1v) is 10.2.